The second kappa shape index (κ2) is 7.71. The predicted octanol–water partition coefficient (Wildman–Crippen LogP) is 1.87. The summed E-state index contributed by atoms with van der Waals surface area (Å²) in [7, 11) is -1.23. The van der Waals surface area contributed by atoms with Crippen LogP contribution >= 0.6 is 0 Å². The van der Waals surface area contributed by atoms with Crippen molar-refractivity contribution in [1.82, 2.24) is 5.32 Å². The van der Waals surface area contributed by atoms with Crippen molar-refractivity contribution in [2.24, 2.45) is 0 Å². The lowest BCUT2D eigenvalue weighted by atomic mass is 10.2. The highest BCUT2D eigenvalue weighted by Gasteiger charge is 2.24. The number of aliphatic hydroxyl groups is 1. The Bertz CT molecular complexity index is 495. The third-order valence-electron chi connectivity index (χ3n) is 3.98. The molecule has 1 aliphatic rings. The fraction of sp³-hybridized carbons (Fsp3) is 0.562. The standard InChI is InChI=1S/C16H23NO3S/c1-12(16(19)17-15-4-2-3-5-15)21(20)11-14-8-6-13(10-18)7-9-14/h6-9,12,15,18H,2-5,10-11H2,1H3,(H,17,19). The van der Waals surface area contributed by atoms with Gasteiger partial charge in [0.15, 0.2) is 0 Å². The molecule has 0 bridgehead atoms. The van der Waals surface area contributed by atoms with Gasteiger partial charge in [0.05, 0.1) is 6.61 Å². The van der Waals surface area contributed by atoms with E-state index in [1.54, 1.807) is 6.92 Å². The van der Waals surface area contributed by atoms with E-state index >= 15 is 0 Å². The molecule has 0 aromatic heterocycles. The second-order valence-electron chi connectivity index (χ2n) is 5.63. The molecule has 21 heavy (non-hydrogen) atoms. The number of carbonyl (C=O) groups is 1. The monoisotopic (exact) mass is 309 g/mol. The van der Waals surface area contributed by atoms with Crippen LogP contribution in [-0.2, 0) is 28.0 Å². The summed E-state index contributed by atoms with van der Waals surface area (Å²) < 4.78 is 12.3. The first-order valence-electron chi connectivity index (χ1n) is 7.46. The summed E-state index contributed by atoms with van der Waals surface area (Å²) in [4.78, 5) is 12.1. The summed E-state index contributed by atoms with van der Waals surface area (Å²) in [6.45, 7) is 1.73. The van der Waals surface area contributed by atoms with Crippen molar-refractivity contribution in [2.45, 2.75) is 56.3 Å². The molecule has 2 unspecified atom stereocenters. The Balaban J connectivity index is 1.87. The molecule has 0 heterocycles. The van der Waals surface area contributed by atoms with Crippen molar-refractivity contribution >= 4 is 16.7 Å². The van der Waals surface area contributed by atoms with Crippen LogP contribution in [0.1, 0.15) is 43.7 Å². The minimum Gasteiger partial charge on any atom is -0.392 e. The molecule has 1 aliphatic carbocycles. The van der Waals surface area contributed by atoms with E-state index in [-0.39, 0.29) is 18.6 Å². The van der Waals surface area contributed by atoms with E-state index in [0.29, 0.717) is 5.75 Å². The van der Waals surface area contributed by atoms with Gasteiger partial charge in [-0.2, -0.15) is 0 Å². The van der Waals surface area contributed by atoms with Crippen LogP contribution in [0, 0.1) is 0 Å². The smallest absolute Gasteiger partial charge is 0.235 e. The lowest BCUT2D eigenvalue weighted by molar-refractivity contribution is -0.121. The van der Waals surface area contributed by atoms with Gasteiger partial charge in [-0.25, -0.2) is 0 Å². The Morgan fingerprint density at radius 1 is 1.29 bits per heavy atom. The van der Waals surface area contributed by atoms with E-state index in [9.17, 15) is 9.00 Å². The lowest BCUT2D eigenvalue weighted by Crippen LogP contribution is -2.40. The summed E-state index contributed by atoms with van der Waals surface area (Å²) in [5.74, 6) is 0.262. The summed E-state index contributed by atoms with van der Waals surface area (Å²) in [6.07, 6.45) is 4.40. The number of rotatable bonds is 6. The molecule has 2 rings (SSSR count). The van der Waals surface area contributed by atoms with E-state index in [0.717, 1.165) is 24.0 Å². The van der Waals surface area contributed by atoms with Crippen molar-refractivity contribution in [3.8, 4) is 0 Å². The number of benzene rings is 1. The van der Waals surface area contributed by atoms with Gasteiger partial charge in [0.25, 0.3) is 0 Å². The first-order valence-corrected chi connectivity index (χ1v) is 8.84. The van der Waals surface area contributed by atoms with E-state index < -0.39 is 16.0 Å². The zero-order chi connectivity index (χ0) is 15.2. The van der Waals surface area contributed by atoms with E-state index in [1.165, 1.54) is 12.8 Å². The fourth-order valence-corrected chi connectivity index (χ4v) is 3.62. The molecular weight excluding hydrogens is 286 g/mol. The van der Waals surface area contributed by atoms with Crippen molar-refractivity contribution in [1.29, 1.82) is 0 Å². The molecule has 0 radical (unpaired) electrons. The molecule has 1 aromatic carbocycles. The molecule has 2 atom stereocenters. The van der Waals surface area contributed by atoms with Gasteiger partial charge in [-0.05, 0) is 30.9 Å². The fourth-order valence-electron chi connectivity index (χ4n) is 2.54. The molecule has 1 amide bonds. The summed E-state index contributed by atoms with van der Waals surface area (Å²) in [5, 5.41) is 11.5. The van der Waals surface area contributed by atoms with Gasteiger partial charge in [0.2, 0.25) is 5.91 Å². The molecule has 5 heteroatoms. The van der Waals surface area contributed by atoms with E-state index in [4.69, 9.17) is 5.11 Å². The zero-order valence-electron chi connectivity index (χ0n) is 12.4. The van der Waals surface area contributed by atoms with Gasteiger partial charge in [0.1, 0.15) is 5.25 Å². The molecular formula is C16H23NO3S. The van der Waals surface area contributed by atoms with Gasteiger partial charge in [-0.15, -0.1) is 0 Å². The largest absolute Gasteiger partial charge is 0.392 e. The van der Waals surface area contributed by atoms with Gasteiger partial charge in [0, 0.05) is 22.6 Å². The highest BCUT2D eigenvalue weighted by molar-refractivity contribution is 7.85. The SMILES string of the molecule is CC(C(=O)NC1CCCC1)S(=O)Cc1ccc(CO)cc1. The van der Waals surface area contributed by atoms with Crippen LogP contribution in [-0.4, -0.2) is 26.5 Å². The van der Waals surface area contributed by atoms with Crippen LogP contribution in [0.2, 0.25) is 0 Å². The summed E-state index contributed by atoms with van der Waals surface area (Å²) >= 11 is 0. The number of nitrogens with one attached hydrogen (secondary N) is 1. The molecule has 0 aliphatic heterocycles. The molecule has 1 fully saturated rings. The highest BCUT2D eigenvalue weighted by Crippen LogP contribution is 2.18. The van der Waals surface area contributed by atoms with Crippen LogP contribution < -0.4 is 5.32 Å². The quantitative estimate of drug-likeness (QED) is 0.843. The normalized spacial score (nSPS) is 18.4. The minimum atomic E-state index is -1.23. The predicted molar refractivity (Wildman–Crippen MR) is 84.1 cm³/mol. The number of carbonyl (C=O) groups excluding carboxylic acids is 1. The van der Waals surface area contributed by atoms with Crippen molar-refractivity contribution in [3.05, 3.63) is 35.4 Å². The van der Waals surface area contributed by atoms with Crippen LogP contribution in [0.5, 0.6) is 0 Å². The Labute approximate surface area is 128 Å². The van der Waals surface area contributed by atoms with Crippen LogP contribution in [0.4, 0.5) is 0 Å². The zero-order valence-corrected chi connectivity index (χ0v) is 13.2. The molecule has 2 N–H and O–H groups in total. The number of aliphatic hydroxyl groups excluding tert-OH is 1. The molecule has 0 saturated heterocycles. The average molecular weight is 309 g/mol. The molecule has 116 valence electrons. The van der Waals surface area contributed by atoms with Gasteiger partial charge in [-0.3, -0.25) is 9.00 Å². The Morgan fingerprint density at radius 3 is 2.43 bits per heavy atom. The Hall–Kier alpha value is -1.20. The second-order valence-corrected chi connectivity index (χ2v) is 7.39. The number of hydrogen-bond acceptors (Lipinski definition) is 3. The molecule has 1 aromatic rings. The van der Waals surface area contributed by atoms with Gasteiger partial charge >= 0.3 is 0 Å². The van der Waals surface area contributed by atoms with Crippen LogP contribution in [0.15, 0.2) is 24.3 Å². The van der Waals surface area contributed by atoms with Gasteiger partial charge in [-0.1, -0.05) is 37.1 Å². The highest BCUT2D eigenvalue weighted by atomic mass is 32.2. The number of amides is 1. The third-order valence-corrected chi connectivity index (χ3v) is 5.60. The maximum atomic E-state index is 12.3. The maximum absolute atomic E-state index is 12.3. The van der Waals surface area contributed by atoms with E-state index in [2.05, 4.69) is 5.32 Å². The van der Waals surface area contributed by atoms with Gasteiger partial charge < -0.3 is 10.4 Å². The molecule has 1 saturated carbocycles. The van der Waals surface area contributed by atoms with Crippen LogP contribution in [0.3, 0.4) is 0 Å². The van der Waals surface area contributed by atoms with E-state index in [1.807, 2.05) is 24.3 Å². The summed E-state index contributed by atoms with van der Waals surface area (Å²) in [5.41, 5.74) is 1.75. The average Bonchev–Trinajstić information content (AvgIpc) is 3.00. The first kappa shape index (κ1) is 16.2. The third kappa shape index (κ3) is 4.64. The Kier molecular flexibility index (Phi) is 5.94. The maximum Gasteiger partial charge on any atom is 0.235 e. The topological polar surface area (TPSA) is 66.4 Å². The Morgan fingerprint density at radius 2 is 1.86 bits per heavy atom. The van der Waals surface area contributed by atoms with Crippen LogP contribution in [0.25, 0.3) is 0 Å². The number of hydrogen-bond donors (Lipinski definition) is 2. The minimum absolute atomic E-state index is 0.00354. The van der Waals surface area contributed by atoms with Crippen molar-refractivity contribution in [3.63, 3.8) is 0 Å². The molecule has 0 spiro atoms. The van der Waals surface area contributed by atoms with Crippen molar-refractivity contribution in [2.75, 3.05) is 0 Å². The van der Waals surface area contributed by atoms with Crippen molar-refractivity contribution < 1.29 is 14.1 Å². The summed E-state index contributed by atoms with van der Waals surface area (Å²) in [6, 6.07) is 7.60. The molecule has 4 nitrogen and oxygen atoms in total. The first-order chi connectivity index (χ1) is 10.1. The lowest BCUT2D eigenvalue weighted by Gasteiger charge is -2.16.